The van der Waals surface area contributed by atoms with Crippen molar-refractivity contribution in [2.75, 3.05) is 25.0 Å². The van der Waals surface area contributed by atoms with Crippen LogP contribution in [0.1, 0.15) is 33.7 Å². The summed E-state index contributed by atoms with van der Waals surface area (Å²) in [6, 6.07) is 12.1. The molecule has 3 N–H and O–H groups in total. The van der Waals surface area contributed by atoms with E-state index in [4.69, 9.17) is 5.11 Å². The van der Waals surface area contributed by atoms with Crippen LogP contribution in [-0.2, 0) is 4.79 Å². The number of aromatic carboxylic acids is 1. The highest BCUT2D eigenvalue weighted by molar-refractivity contribution is 5.96. The van der Waals surface area contributed by atoms with Crippen molar-refractivity contribution in [1.82, 2.24) is 15.2 Å². The molecule has 2 heterocycles. The van der Waals surface area contributed by atoms with E-state index in [-0.39, 0.29) is 29.1 Å². The minimum atomic E-state index is -1.17. The number of carboxylic acid groups (broad SMARTS) is 1. The summed E-state index contributed by atoms with van der Waals surface area (Å²) in [7, 11) is 0. The number of rotatable bonds is 6. The smallest absolute Gasteiger partial charge is 0.354 e. The quantitative estimate of drug-likeness (QED) is 0.700. The second-order valence-corrected chi connectivity index (χ2v) is 6.67. The number of aromatic nitrogens is 1. The van der Waals surface area contributed by atoms with Crippen LogP contribution >= 0.6 is 0 Å². The number of hydrogen-bond acceptors (Lipinski definition) is 5. The molecule has 0 saturated carbocycles. The number of piperidine rings is 1. The Morgan fingerprint density at radius 1 is 1.11 bits per heavy atom. The fourth-order valence-electron chi connectivity index (χ4n) is 3.12. The first-order chi connectivity index (χ1) is 13.5. The molecule has 1 saturated heterocycles. The Kier molecular flexibility index (Phi) is 6.33. The molecule has 2 aromatic rings. The lowest BCUT2D eigenvalue weighted by Gasteiger charge is -2.31. The number of anilines is 1. The lowest BCUT2D eigenvalue weighted by atomic mass is 10.0. The molecule has 0 spiro atoms. The van der Waals surface area contributed by atoms with Gasteiger partial charge in [0.05, 0.1) is 6.54 Å². The van der Waals surface area contributed by atoms with Crippen molar-refractivity contribution in [3.63, 3.8) is 0 Å². The van der Waals surface area contributed by atoms with Gasteiger partial charge in [-0.2, -0.15) is 0 Å². The molecule has 0 bridgehead atoms. The van der Waals surface area contributed by atoms with Crippen molar-refractivity contribution in [1.29, 1.82) is 0 Å². The Morgan fingerprint density at radius 2 is 1.82 bits per heavy atom. The first-order valence-electron chi connectivity index (χ1n) is 9.09. The van der Waals surface area contributed by atoms with Gasteiger partial charge in [0.15, 0.2) is 0 Å². The minimum absolute atomic E-state index is 0.0117. The third kappa shape index (κ3) is 5.37. The number of pyridine rings is 1. The zero-order valence-electron chi connectivity index (χ0n) is 15.3. The van der Waals surface area contributed by atoms with Crippen LogP contribution in [-0.4, -0.2) is 58.5 Å². The van der Waals surface area contributed by atoms with Crippen molar-refractivity contribution >= 4 is 23.5 Å². The molecule has 0 radical (unpaired) electrons. The van der Waals surface area contributed by atoms with Crippen LogP contribution in [0.15, 0.2) is 48.7 Å². The van der Waals surface area contributed by atoms with Gasteiger partial charge in [-0.3, -0.25) is 14.5 Å². The number of hydrogen-bond donors (Lipinski definition) is 3. The van der Waals surface area contributed by atoms with Crippen LogP contribution in [0.5, 0.6) is 0 Å². The first-order valence-corrected chi connectivity index (χ1v) is 9.09. The van der Waals surface area contributed by atoms with Crippen LogP contribution in [0.3, 0.4) is 0 Å². The summed E-state index contributed by atoms with van der Waals surface area (Å²) in [5, 5.41) is 14.8. The number of carboxylic acids is 1. The van der Waals surface area contributed by atoms with Gasteiger partial charge in [0.2, 0.25) is 5.91 Å². The summed E-state index contributed by atoms with van der Waals surface area (Å²) in [6.45, 7) is 1.70. The van der Waals surface area contributed by atoms with Crippen molar-refractivity contribution in [3.8, 4) is 0 Å². The molecular weight excluding hydrogens is 360 g/mol. The van der Waals surface area contributed by atoms with Gasteiger partial charge in [0.25, 0.3) is 5.91 Å². The van der Waals surface area contributed by atoms with Gasteiger partial charge < -0.3 is 15.7 Å². The van der Waals surface area contributed by atoms with Crippen LogP contribution in [0.4, 0.5) is 5.69 Å². The lowest BCUT2D eigenvalue weighted by Crippen LogP contribution is -2.46. The molecule has 3 rings (SSSR count). The largest absolute Gasteiger partial charge is 0.477 e. The van der Waals surface area contributed by atoms with Gasteiger partial charge in [0, 0.05) is 36.6 Å². The fraction of sp³-hybridized carbons (Fsp3) is 0.300. The SMILES string of the molecule is O=C(CN1CCC(NC(=O)c2ccnc(C(=O)O)c2)CC1)Nc1ccccc1. The van der Waals surface area contributed by atoms with E-state index in [9.17, 15) is 14.4 Å². The van der Waals surface area contributed by atoms with E-state index < -0.39 is 5.97 Å². The highest BCUT2D eigenvalue weighted by atomic mass is 16.4. The van der Waals surface area contributed by atoms with E-state index in [1.165, 1.54) is 18.3 Å². The van der Waals surface area contributed by atoms with Gasteiger partial charge in [-0.1, -0.05) is 18.2 Å². The number of nitrogens with zero attached hydrogens (tertiary/aromatic N) is 2. The first kappa shape index (κ1) is 19.5. The molecule has 8 nitrogen and oxygen atoms in total. The molecule has 2 amide bonds. The Bertz CT molecular complexity index is 848. The Labute approximate surface area is 162 Å². The van der Waals surface area contributed by atoms with Crippen LogP contribution in [0, 0.1) is 0 Å². The third-order valence-corrected chi connectivity index (χ3v) is 4.59. The molecular formula is C20H22N4O4. The number of likely N-dealkylation sites (tertiary alicyclic amines) is 1. The van der Waals surface area contributed by atoms with Gasteiger partial charge in [-0.15, -0.1) is 0 Å². The monoisotopic (exact) mass is 382 g/mol. The van der Waals surface area contributed by atoms with E-state index in [0.29, 0.717) is 19.6 Å². The lowest BCUT2D eigenvalue weighted by molar-refractivity contribution is -0.117. The Balaban J connectivity index is 1.45. The fourth-order valence-corrected chi connectivity index (χ4v) is 3.12. The molecule has 1 fully saturated rings. The number of amides is 2. The molecule has 1 aliphatic heterocycles. The van der Waals surface area contributed by atoms with Gasteiger partial charge in [-0.25, -0.2) is 9.78 Å². The van der Waals surface area contributed by atoms with E-state index in [2.05, 4.69) is 20.5 Å². The summed E-state index contributed by atoms with van der Waals surface area (Å²) >= 11 is 0. The predicted octanol–water partition coefficient (Wildman–Crippen LogP) is 1.61. The Hall–Kier alpha value is -3.26. The average molecular weight is 382 g/mol. The zero-order chi connectivity index (χ0) is 19.9. The van der Waals surface area contributed by atoms with E-state index in [1.807, 2.05) is 30.3 Å². The van der Waals surface area contributed by atoms with Crippen molar-refractivity contribution in [3.05, 3.63) is 59.9 Å². The number of nitrogens with one attached hydrogen (secondary N) is 2. The summed E-state index contributed by atoms with van der Waals surface area (Å²) in [5.41, 5.74) is 0.886. The van der Waals surface area contributed by atoms with Crippen molar-refractivity contribution in [2.45, 2.75) is 18.9 Å². The predicted molar refractivity (Wildman–Crippen MR) is 103 cm³/mol. The summed E-state index contributed by atoms with van der Waals surface area (Å²) in [5.74, 6) is -1.55. The molecule has 1 aromatic carbocycles. The van der Waals surface area contributed by atoms with Gasteiger partial charge in [0.1, 0.15) is 5.69 Å². The highest BCUT2D eigenvalue weighted by Gasteiger charge is 2.23. The second-order valence-electron chi connectivity index (χ2n) is 6.67. The number of carbonyl (C=O) groups excluding carboxylic acids is 2. The van der Waals surface area contributed by atoms with E-state index >= 15 is 0 Å². The average Bonchev–Trinajstić information content (AvgIpc) is 2.70. The molecule has 1 aromatic heterocycles. The van der Waals surface area contributed by atoms with Crippen LogP contribution < -0.4 is 10.6 Å². The number of para-hydroxylation sites is 1. The number of carbonyl (C=O) groups is 3. The molecule has 8 heteroatoms. The summed E-state index contributed by atoms with van der Waals surface area (Å²) in [6.07, 6.45) is 2.76. The maximum atomic E-state index is 12.3. The van der Waals surface area contributed by atoms with Gasteiger partial charge >= 0.3 is 5.97 Å². The van der Waals surface area contributed by atoms with Crippen molar-refractivity contribution in [2.24, 2.45) is 0 Å². The maximum Gasteiger partial charge on any atom is 0.354 e. The molecule has 146 valence electrons. The van der Waals surface area contributed by atoms with E-state index in [1.54, 1.807) is 0 Å². The zero-order valence-corrected chi connectivity index (χ0v) is 15.3. The Morgan fingerprint density at radius 3 is 2.50 bits per heavy atom. The molecule has 28 heavy (non-hydrogen) atoms. The normalized spacial score (nSPS) is 15.0. The maximum absolute atomic E-state index is 12.3. The second kappa shape index (κ2) is 9.09. The highest BCUT2D eigenvalue weighted by Crippen LogP contribution is 2.12. The van der Waals surface area contributed by atoms with Crippen molar-refractivity contribution < 1.29 is 19.5 Å². The third-order valence-electron chi connectivity index (χ3n) is 4.59. The van der Waals surface area contributed by atoms with Crippen LogP contribution in [0.2, 0.25) is 0 Å². The molecule has 0 atom stereocenters. The van der Waals surface area contributed by atoms with Crippen LogP contribution in [0.25, 0.3) is 0 Å². The minimum Gasteiger partial charge on any atom is -0.477 e. The summed E-state index contributed by atoms with van der Waals surface area (Å²) in [4.78, 5) is 41.2. The topological polar surface area (TPSA) is 112 Å². The standard InChI is InChI=1S/C20H22N4O4/c25-18(22-15-4-2-1-3-5-15)13-24-10-7-16(8-11-24)23-19(26)14-6-9-21-17(12-14)20(27)28/h1-6,9,12,16H,7-8,10-11,13H2,(H,22,25)(H,23,26)(H,27,28). The molecule has 1 aliphatic rings. The van der Waals surface area contributed by atoms with Gasteiger partial charge in [-0.05, 0) is 37.1 Å². The summed E-state index contributed by atoms with van der Waals surface area (Å²) < 4.78 is 0. The molecule has 0 aliphatic carbocycles. The van der Waals surface area contributed by atoms with E-state index in [0.717, 1.165) is 18.5 Å². The number of benzene rings is 1. The molecule has 0 unspecified atom stereocenters.